The lowest BCUT2D eigenvalue weighted by molar-refractivity contribution is 0.382. The summed E-state index contributed by atoms with van der Waals surface area (Å²) in [6, 6.07) is 10.7. The molecule has 0 atom stereocenters. The molecule has 124 valence electrons. The third kappa shape index (κ3) is 4.36. The van der Waals surface area contributed by atoms with Crippen molar-refractivity contribution < 1.29 is 19.0 Å². The van der Waals surface area contributed by atoms with Crippen LogP contribution in [0.1, 0.15) is 16.7 Å². The average Bonchev–Trinajstić information content (AvgIpc) is 2.59. The number of para-hydroxylation sites is 1. The Morgan fingerprint density at radius 1 is 1.00 bits per heavy atom. The van der Waals surface area contributed by atoms with Gasteiger partial charge in [-0.3, -0.25) is 0 Å². The van der Waals surface area contributed by atoms with E-state index in [4.69, 9.17) is 9.47 Å². The molecule has 0 bridgehead atoms. The first-order chi connectivity index (χ1) is 11.2. The maximum Gasteiger partial charge on any atom is 0.125 e. The SMILES string of the molecule is COc1cc(CCNCc2ccccc2O)c(OC)cc1CF. The van der Waals surface area contributed by atoms with Crippen molar-refractivity contribution in [2.45, 2.75) is 19.6 Å². The van der Waals surface area contributed by atoms with Crippen LogP contribution in [0.5, 0.6) is 17.2 Å². The van der Waals surface area contributed by atoms with E-state index in [0.29, 0.717) is 36.6 Å². The van der Waals surface area contributed by atoms with Crippen LogP contribution in [0.2, 0.25) is 0 Å². The number of ether oxygens (including phenoxy) is 2. The van der Waals surface area contributed by atoms with Crippen LogP contribution in [-0.2, 0) is 19.6 Å². The number of benzene rings is 2. The Hall–Kier alpha value is -2.27. The summed E-state index contributed by atoms with van der Waals surface area (Å²) in [4.78, 5) is 0. The van der Waals surface area contributed by atoms with Gasteiger partial charge in [0.15, 0.2) is 0 Å². The van der Waals surface area contributed by atoms with E-state index < -0.39 is 6.67 Å². The summed E-state index contributed by atoms with van der Waals surface area (Å²) in [6.45, 7) is 0.683. The third-order valence-electron chi connectivity index (χ3n) is 3.71. The summed E-state index contributed by atoms with van der Waals surface area (Å²) in [5.41, 5.74) is 2.28. The van der Waals surface area contributed by atoms with Gasteiger partial charge in [-0.25, -0.2) is 4.39 Å². The molecule has 5 heteroatoms. The Bertz CT molecular complexity index is 646. The summed E-state index contributed by atoms with van der Waals surface area (Å²) in [5, 5.41) is 13.0. The van der Waals surface area contributed by atoms with E-state index in [1.54, 1.807) is 25.3 Å². The predicted molar refractivity (Wildman–Crippen MR) is 87.9 cm³/mol. The molecule has 23 heavy (non-hydrogen) atoms. The number of alkyl halides is 1. The van der Waals surface area contributed by atoms with Gasteiger partial charge in [0.1, 0.15) is 23.9 Å². The predicted octanol–water partition coefficient (Wildman–Crippen LogP) is 3.21. The van der Waals surface area contributed by atoms with Gasteiger partial charge in [-0.1, -0.05) is 18.2 Å². The van der Waals surface area contributed by atoms with Crippen molar-refractivity contribution in [3.05, 3.63) is 53.1 Å². The number of hydrogen-bond acceptors (Lipinski definition) is 4. The molecule has 2 aromatic carbocycles. The van der Waals surface area contributed by atoms with Gasteiger partial charge in [0, 0.05) is 17.7 Å². The molecular weight excluding hydrogens is 297 g/mol. The summed E-state index contributed by atoms with van der Waals surface area (Å²) in [5.74, 6) is 1.47. The molecule has 2 rings (SSSR count). The summed E-state index contributed by atoms with van der Waals surface area (Å²) < 4.78 is 23.5. The second kappa shape index (κ2) is 8.39. The fourth-order valence-corrected chi connectivity index (χ4v) is 2.43. The van der Waals surface area contributed by atoms with E-state index >= 15 is 0 Å². The van der Waals surface area contributed by atoms with Crippen molar-refractivity contribution in [2.75, 3.05) is 20.8 Å². The van der Waals surface area contributed by atoms with Crippen molar-refractivity contribution in [1.82, 2.24) is 5.32 Å². The quantitative estimate of drug-likeness (QED) is 0.734. The smallest absolute Gasteiger partial charge is 0.125 e. The van der Waals surface area contributed by atoms with Crippen LogP contribution >= 0.6 is 0 Å². The van der Waals surface area contributed by atoms with Crippen LogP contribution in [0, 0.1) is 0 Å². The van der Waals surface area contributed by atoms with Gasteiger partial charge in [-0.05, 0) is 36.7 Å². The first-order valence-corrected chi connectivity index (χ1v) is 7.47. The second-order valence-corrected chi connectivity index (χ2v) is 5.17. The normalized spacial score (nSPS) is 10.6. The molecule has 0 aliphatic rings. The number of hydrogen-bond donors (Lipinski definition) is 2. The molecule has 0 saturated heterocycles. The highest BCUT2D eigenvalue weighted by molar-refractivity contribution is 5.46. The maximum atomic E-state index is 13.0. The maximum absolute atomic E-state index is 13.0. The van der Waals surface area contributed by atoms with Crippen LogP contribution in [0.15, 0.2) is 36.4 Å². The van der Waals surface area contributed by atoms with Crippen LogP contribution in [0.4, 0.5) is 4.39 Å². The van der Waals surface area contributed by atoms with Gasteiger partial charge in [-0.2, -0.15) is 0 Å². The van der Waals surface area contributed by atoms with Crippen LogP contribution in [0.25, 0.3) is 0 Å². The molecule has 0 saturated carbocycles. The zero-order valence-corrected chi connectivity index (χ0v) is 13.4. The highest BCUT2D eigenvalue weighted by Crippen LogP contribution is 2.29. The fourth-order valence-electron chi connectivity index (χ4n) is 2.43. The van der Waals surface area contributed by atoms with Crippen molar-refractivity contribution >= 4 is 0 Å². The van der Waals surface area contributed by atoms with E-state index in [9.17, 15) is 9.50 Å². The summed E-state index contributed by atoms with van der Waals surface area (Å²) >= 11 is 0. The van der Waals surface area contributed by atoms with Crippen LogP contribution in [0.3, 0.4) is 0 Å². The molecule has 0 amide bonds. The first kappa shape index (κ1) is 17.1. The standard InChI is InChI=1S/C18H22FNO3/c1-22-17-10-15(11-19)18(23-2)9-13(17)7-8-20-12-14-5-3-4-6-16(14)21/h3-6,9-10,20-21H,7-8,11-12H2,1-2H3. The zero-order valence-electron chi connectivity index (χ0n) is 13.4. The average molecular weight is 319 g/mol. The van der Waals surface area contributed by atoms with E-state index in [1.165, 1.54) is 7.11 Å². The molecule has 0 unspecified atom stereocenters. The minimum Gasteiger partial charge on any atom is -0.508 e. The van der Waals surface area contributed by atoms with E-state index in [0.717, 1.165) is 11.1 Å². The first-order valence-electron chi connectivity index (χ1n) is 7.47. The number of rotatable bonds is 8. The molecule has 0 fully saturated rings. The fraction of sp³-hybridized carbons (Fsp3) is 0.333. The largest absolute Gasteiger partial charge is 0.508 e. The minimum absolute atomic E-state index is 0.284. The van der Waals surface area contributed by atoms with E-state index in [-0.39, 0.29) is 5.75 Å². The lowest BCUT2D eigenvalue weighted by Crippen LogP contribution is -2.17. The molecule has 0 aliphatic heterocycles. The van der Waals surface area contributed by atoms with Crippen molar-refractivity contribution in [2.24, 2.45) is 0 Å². The van der Waals surface area contributed by atoms with Crippen molar-refractivity contribution in [3.8, 4) is 17.2 Å². The van der Waals surface area contributed by atoms with Gasteiger partial charge >= 0.3 is 0 Å². The van der Waals surface area contributed by atoms with Crippen LogP contribution < -0.4 is 14.8 Å². The topological polar surface area (TPSA) is 50.7 Å². The number of phenols is 1. The van der Waals surface area contributed by atoms with E-state index in [2.05, 4.69) is 5.32 Å². The lowest BCUT2D eigenvalue weighted by atomic mass is 10.1. The molecular formula is C18H22FNO3. The van der Waals surface area contributed by atoms with Gasteiger partial charge in [-0.15, -0.1) is 0 Å². The number of nitrogens with one attached hydrogen (secondary N) is 1. The van der Waals surface area contributed by atoms with Crippen molar-refractivity contribution in [1.29, 1.82) is 0 Å². The second-order valence-electron chi connectivity index (χ2n) is 5.17. The Labute approximate surface area is 135 Å². The number of halogens is 1. The number of aromatic hydroxyl groups is 1. The Morgan fingerprint density at radius 2 is 1.65 bits per heavy atom. The highest BCUT2D eigenvalue weighted by atomic mass is 19.1. The van der Waals surface area contributed by atoms with Crippen LogP contribution in [-0.4, -0.2) is 25.9 Å². The molecule has 0 radical (unpaired) electrons. The van der Waals surface area contributed by atoms with Crippen molar-refractivity contribution in [3.63, 3.8) is 0 Å². The Kier molecular flexibility index (Phi) is 6.23. The molecule has 0 spiro atoms. The minimum atomic E-state index is -0.592. The zero-order chi connectivity index (χ0) is 16.7. The third-order valence-corrected chi connectivity index (χ3v) is 3.71. The summed E-state index contributed by atoms with van der Waals surface area (Å²) in [7, 11) is 3.10. The summed E-state index contributed by atoms with van der Waals surface area (Å²) in [6.07, 6.45) is 0.708. The molecule has 2 N–H and O–H groups in total. The lowest BCUT2D eigenvalue weighted by Gasteiger charge is -2.14. The molecule has 0 aromatic heterocycles. The van der Waals surface area contributed by atoms with E-state index in [1.807, 2.05) is 18.2 Å². The van der Waals surface area contributed by atoms with Gasteiger partial charge in [0.2, 0.25) is 0 Å². The molecule has 0 heterocycles. The molecule has 2 aromatic rings. The van der Waals surface area contributed by atoms with Gasteiger partial charge in [0.05, 0.1) is 14.2 Å². The number of phenolic OH excluding ortho intramolecular Hbond substituents is 1. The number of methoxy groups -OCH3 is 2. The molecule has 4 nitrogen and oxygen atoms in total. The molecule has 0 aliphatic carbocycles. The Balaban J connectivity index is 1.98. The van der Waals surface area contributed by atoms with Gasteiger partial charge in [0.25, 0.3) is 0 Å². The highest BCUT2D eigenvalue weighted by Gasteiger charge is 2.11. The van der Waals surface area contributed by atoms with Gasteiger partial charge < -0.3 is 19.9 Å². The monoisotopic (exact) mass is 319 g/mol. The Morgan fingerprint density at radius 3 is 2.30 bits per heavy atom.